The molecule has 1 heterocycles. The maximum absolute atomic E-state index is 12.0. The predicted molar refractivity (Wildman–Crippen MR) is 99.5 cm³/mol. The Balaban J connectivity index is 1.47. The Hall–Kier alpha value is -2.93. The van der Waals surface area contributed by atoms with Crippen LogP contribution in [-0.4, -0.2) is 23.3 Å². The van der Waals surface area contributed by atoms with Crippen LogP contribution >= 0.6 is 11.3 Å². The quantitative estimate of drug-likeness (QED) is 0.615. The van der Waals surface area contributed by atoms with Crippen molar-refractivity contribution in [2.75, 3.05) is 11.9 Å². The molecule has 2 amide bonds. The van der Waals surface area contributed by atoms with Gasteiger partial charge in [-0.3, -0.25) is 20.4 Å². The number of carbonyl (C=O) groups is 2. The first-order valence-electron chi connectivity index (χ1n) is 7.93. The van der Waals surface area contributed by atoms with Gasteiger partial charge in [0.2, 0.25) is 0 Å². The van der Waals surface area contributed by atoms with Crippen LogP contribution in [0, 0.1) is 0 Å². The molecule has 6 nitrogen and oxygen atoms in total. The number of fused-ring (bicyclic) bond motifs is 1. The van der Waals surface area contributed by atoms with Crippen molar-refractivity contribution >= 4 is 38.5 Å². The summed E-state index contributed by atoms with van der Waals surface area (Å²) in [5, 5.41) is 3.62. The molecule has 0 radical (unpaired) electrons. The minimum absolute atomic E-state index is 0.0227. The Morgan fingerprint density at radius 1 is 1.04 bits per heavy atom. The number of para-hydroxylation sites is 1. The van der Waals surface area contributed by atoms with Crippen LogP contribution in [0.4, 0.5) is 5.13 Å². The van der Waals surface area contributed by atoms with Crippen molar-refractivity contribution in [3.63, 3.8) is 0 Å². The number of carbonyl (C=O) groups excluding carboxylic acids is 2. The molecule has 1 aromatic heterocycles. The maximum Gasteiger partial charge on any atom is 0.269 e. The Bertz CT molecular complexity index is 856. The monoisotopic (exact) mass is 354 g/mol. The van der Waals surface area contributed by atoms with Crippen molar-refractivity contribution in [2.45, 2.75) is 13.3 Å². The number of aryl methyl sites for hydroxylation is 1. The van der Waals surface area contributed by atoms with Crippen LogP contribution in [0.15, 0.2) is 48.5 Å². The topological polar surface area (TPSA) is 83.1 Å². The molecule has 0 aliphatic rings. The van der Waals surface area contributed by atoms with Gasteiger partial charge < -0.3 is 5.32 Å². The third-order valence-electron chi connectivity index (χ3n) is 3.63. The van der Waals surface area contributed by atoms with Crippen molar-refractivity contribution in [3.05, 3.63) is 59.7 Å². The third kappa shape index (κ3) is 4.33. The lowest BCUT2D eigenvalue weighted by molar-refractivity contribution is -0.120. The van der Waals surface area contributed by atoms with Crippen molar-refractivity contribution in [2.24, 2.45) is 0 Å². The summed E-state index contributed by atoms with van der Waals surface area (Å²) in [5.41, 5.74) is 7.33. The largest absolute Gasteiger partial charge is 0.352 e. The van der Waals surface area contributed by atoms with Crippen molar-refractivity contribution < 1.29 is 9.59 Å². The van der Waals surface area contributed by atoms with E-state index in [1.807, 2.05) is 43.3 Å². The summed E-state index contributed by atoms with van der Waals surface area (Å²) < 4.78 is 1.05. The Morgan fingerprint density at radius 2 is 1.80 bits per heavy atom. The van der Waals surface area contributed by atoms with Gasteiger partial charge in [-0.05, 0) is 36.2 Å². The van der Waals surface area contributed by atoms with Crippen LogP contribution in [0.25, 0.3) is 10.2 Å². The molecule has 0 aliphatic carbocycles. The van der Waals surface area contributed by atoms with Crippen LogP contribution in [-0.2, 0) is 11.2 Å². The molecule has 0 fully saturated rings. The Labute approximate surface area is 149 Å². The first-order valence-corrected chi connectivity index (χ1v) is 8.75. The number of anilines is 1. The van der Waals surface area contributed by atoms with E-state index in [-0.39, 0.29) is 18.4 Å². The van der Waals surface area contributed by atoms with E-state index in [0.717, 1.165) is 22.2 Å². The van der Waals surface area contributed by atoms with Gasteiger partial charge in [-0.25, -0.2) is 4.98 Å². The van der Waals surface area contributed by atoms with Crippen molar-refractivity contribution in [1.29, 1.82) is 0 Å². The average molecular weight is 354 g/mol. The maximum atomic E-state index is 12.0. The summed E-state index contributed by atoms with van der Waals surface area (Å²) >= 11 is 1.47. The molecule has 3 aromatic rings. The number of amides is 2. The second-order valence-electron chi connectivity index (χ2n) is 5.39. The third-order valence-corrected chi connectivity index (χ3v) is 4.63. The fraction of sp³-hybridized carbons (Fsp3) is 0.167. The Kier molecular flexibility index (Phi) is 5.25. The number of aromatic nitrogens is 1. The lowest BCUT2D eigenvalue weighted by atomic mass is 10.1. The fourth-order valence-electron chi connectivity index (χ4n) is 2.24. The van der Waals surface area contributed by atoms with E-state index in [4.69, 9.17) is 0 Å². The molecule has 0 saturated heterocycles. The van der Waals surface area contributed by atoms with E-state index in [9.17, 15) is 9.59 Å². The van der Waals surface area contributed by atoms with Gasteiger partial charge in [0.05, 0.1) is 16.8 Å². The summed E-state index contributed by atoms with van der Waals surface area (Å²) in [7, 11) is 0. The molecule has 25 heavy (non-hydrogen) atoms. The summed E-state index contributed by atoms with van der Waals surface area (Å²) in [6.45, 7) is 2.07. The molecule has 3 rings (SSSR count). The molecule has 7 heteroatoms. The molecule has 0 bridgehead atoms. The van der Waals surface area contributed by atoms with Crippen LogP contribution < -0.4 is 16.2 Å². The fourth-order valence-corrected chi connectivity index (χ4v) is 3.10. The molecule has 2 aromatic carbocycles. The van der Waals surface area contributed by atoms with E-state index in [1.165, 1.54) is 11.3 Å². The van der Waals surface area contributed by atoms with Gasteiger partial charge in [-0.2, -0.15) is 0 Å². The summed E-state index contributed by atoms with van der Waals surface area (Å²) in [6.07, 6.45) is 0.913. The second-order valence-corrected chi connectivity index (χ2v) is 6.42. The highest BCUT2D eigenvalue weighted by atomic mass is 32.1. The van der Waals surface area contributed by atoms with E-state index in [1.54, 1.807) is 12.1 Å². The zero-order chi connectivity index (χ0) is 17.6. The molecule has 0 spiro atoms. The van der Waals surface area contributed by atoms with Gasteiger partial charge in [-0.1, -0.05) is 42.5 Å². The van der Waals surface area contributed by atoms with Crippen molar-refractivity contribution in [3.8, 4) is 0 Å². The highest BCUT2D eigenvalue weighted by Gasteiger charge is 2.08. The van der Waals surface area contributed by atoms with Crippen LogP contribution in [0.1, 0.15) is 22.8 Å². The standard InChI is InChI=1S/C18H18N4O2S/c1-2-12-7-9-13(10-8-12)17(24)22-21-16(23)11-19-18-20-14-5-3-4-6-15(14)25-18/h3-10H,2,11H2,1H3,(H,19,20)(H,21,23)(H,22,24). The Morgan fingerprint density at radius 3 is 2.52 bits per heavy atom. The molecule has 0 aliphatic heterocycles. The smallest absolute Gasteiger partial charge is 0.269 e. The number of benzene rings is 2. The number of nitrogens with zero attached hydrogens (tertiary/aromatic N) is 1. The minimum Gasteiger partial charge on any atom is -0.352 e. The average Bonchev–Trinajstić information content (AvgIpc) is 3.07. The van der Waals surface area contributed by atoms with Gasteiger partial charge in [-0.15, -0.1) is 0 Å². The zero-order valence-corrected chi connectivity index (χ0v) is 14.5. The minimum atomic E-state index is -0.351. The lowest BCUT2D eigenvalue weighted by Gasteiger charge is -2.08. The first-order chi connectivity index (χ1) is 12.2. The summed E-state index contributed by atoms with van der Waals surface area (Å²) in [6, 6.07) is 15.0. The molecule has 0 saturated carbocycles. The summed E-state index contributed by atoms with van der Waals surface area (Å²) in [5.74, 6) is -0.700. The molecule has 0 atom stereocenters. The van der Waals surface area contributed by atoms with Gasteiger partial charge in [0, 0.05) is 5.56 Å². The van der Waals surface area contributed by atoms with E-state index < -0.39 is 0 Å². The highest BCUT2D eigenvalue weighted by molar-refractivity contribution is 7.22. The molecule has 128 valence electrons. The van der Waals surface area contributed by atoms with E-state index in [0.29, 0.717) is 10.7 Å². The normalized spacial score (nSPS) is 10.4. The number of rotatable bonds is 5. The number of thiazole rings is 1. The zero-order valence-electron chi connectivity index (χ0n) is 13.7. The van der Waals surface area contributed by atoms with Gasteiger partial charge in [0.25, 0.3) is 11.8 Å². The number of nitrogens with one attached hydrogen (secondary N) is 3. The number of hydrogen-bond acceptors (Lipinski definition) is 5. The number of hydrogen-bond donors (Lipinski definition) is 3. The molecule has 0 unspecified atom stereocenters. The van der Waals surface area contributed by atoms with Crippen LogP contribution in [0.2, 0.25) is 0 Å². The number of hydrazine groups is 1. The predicted octanol–water partition coefficient (Wildman–Crippen LogP) is 2.73. The van der Waals surface area contributed by atoms with Gasteiger partial charge in [0.1, 0.15) is 0 Å². The van der Waals surface area contributed by atoms with Crippen molar-refractivity contribution in [1.82, 2.24) is 15.8 Å². The molecular weight excluding hydrogens is 336 g/mol. The van der Waals surface area contributed by atoms with E-state index in [2.05, 4.69) is 21.2 Å². The van der Waals surface area contributed by atoms with Crippen LogP contribution in [0.5, 0.6) is 0 Å². The van der Waals surface area contributed by atoms with Gasteiger partial charge in [0.15, 0.2) is 5.13 Å². The van der Waals surface area contributed by atoms with Gasteiger partial charge >= 0.3 is 0 Å². The summed E-state index contributed by atoms with van der Waals surface area (Å²) in [4.78, 5) is 28.2. The molecule has 3 N–H and O–H groups in total. The second kappa shape index (κ2) is 7.76. The van der Waals surface area contributed by atoms with Crippen LogP contribution in [0.3, 0.4) is 0 Å². The lowest BCUT2D eigenvalue weighted by Crippen LogP contribution is -2.44. The highest BCUT2D eigenvalue weighted by Crippen LogP contribution is 2.24. The molecular formula is C18H18N4O2S. The van der Waals surface area contributed by atoms with E-state index >= 15 is 0 Å². The first kappa shape index (κ1) is 16.9. The SMILES string of the molecule is CCc1ccc(C(=O)NNC(=O)CNc2nc3ccccc3s2)cc1.